The van der Waals surface area contributed by atoms with Crippen LogP contribution in [-0.2, 0) is 20.9 Å². The van der Waals surface area contributed by atoms with Crippen LogP contribution in [0.1, 0.15) is 60.0 Å². The van der Waals surface area contributed by atoms with E-state index in [0.717, 1.165) is 37.7 Å². The number of amidine groups is 1. The lowest BCUT2D eigenvalue weighted by Gasteiger charge is -2.35. The summed E-state index contributed by atoms with van der Waals surface area (Å²) in [6.45, 7) is 1.52. The second-order valence-electron chi connectivity index (χ2n) is 9.33. The monoisotopic (exact) mass is 489 g/mol. The minimum Gasteiger partial charge on any atom is -0.383 e. The quantitative estimate of drug-likeness (QED) is 0.443. The zero-order valence-corrected chi connectivity index (χ0v) is 19.3. The molecule has 3 N–H and O–H groups in total. The Hall–Kier alpha value is -3.37. The third kappa shape index (κ3) is 5.66. The van der Waals surface area contributed by atoms with Crippen LogP contribution in [0.5, 0.6) is 0 Å². The van der Waals surface area contributed by atoms with Gasteiger partial charge in [0, 0.05) is 43.2 Å². The largest absolute Gasteiger partial charge is 0.383 e. The molecule has 1 saturated heterocycles. The Labute approximate surface area is 201 Å². The molecule has 3 aliphatic rings. The molecule has 9 nitrogen and oxygen atoms in total. The predicted octanol–water partition coefficient (Wildman–Crippen LogP) is 1.44. The molecule has 1 saturated carbocycles. The Morgan fingerprint density at radius 3 is 2.63 bits per heavy atom. The molecule has 2 heterocycles. The third-order valence-electron chi connectivity index (χ3n) is 6.92. The van der Waals surface area contributed by atoms with Gasteiger partial charge < -0.3 is 20.9 Å². The summed E-state index contributed by atoms with van der Waals surface area (Å²) >= 11 is 0. The van der Waals surface area contributed by atoms with E-state index in [4.69, 9.17) is 5.73 Å². The summed E-state index contributed by atoms with van der Waals surface area (Å²) in [5.41, 5.74) is 7.10. The molecule has 2 atom stereocenters. The number of carbonyl (C=O) groups is 4. The fraction of sp³-hybridized carbons (Fsp3) is 0.542. The van der Waals surface area contributed by atoms with Crippen LogP contribution >= 0.6 is 0 Å². The van der Waals surface area contributed by atoms with Crippen LogP contribution in [0.15, 0.2) is 23.2 Å². The maximum atomic E-state index is 13.1. The van der Waals surface area contributed by atoms with E-state index in [1.807, 2.05) is 0 Å². The van der Waals surface area contributed by atoms with Gasteiger partial charge in [0.05, 0.1) is 6.54 Å². The Morgan fingerprint density at radius 1 is 1.14 bits per heavy atom. The predicted molar refractivity (Wildman–Crippen MR) is 123 cm³/mol. The second kappa shape index (κ2) is 10.5. The highest BCUT2D eigenvalue weighted by Crippen LogP contribution is 2.30. The molecule has 1 aromatic rings. The van der Waals surface area contributed by atoms with Crippen LogP contribution in [0.2, 0.25) is 0 Å². The highest BCUT2D eigenvalue weighted by molar-refractivity contribution is 6.07. The zero-order valence-electron chi connectivity index (χ0n) is 19.3. The van der Waals surface area contributed by atoms with E-state index in [1.54, 1.807) is 21.9 Å². The Kier molecular flexibility index (Phi) is 7.42. The molecule has 4 amide bonds. The second-order valence-corrected chi connectivity index (χ2v) is 9.33. The van der Waals surface area contributed by atoms with E-state index in [1.165, 1.54) is 6.07 Å². The van der Waals surface area contributed by atoms with Gasteiger partial charge in [-0.25, -0.2) is 0 Å². The first-order valence-corrected chi connectivity index (χ1v) is 11.9. The average Bonchev–Trinajstić information content (AvgIpc) is 3.36. The maximum absolute atomic E-state index is 13.1. The third-order valence-corrected chi connectivity index (χ3v) is 6.92. The van der Waals surface area contributed by atoms with Crippen LogP contribution in [-0.4, -0.2) is 71.4 Å². The number of benzene rings is 1. The standard InChI is InChI=1S/C24H29F2N5O4/c25-21(26)23(34)29-22(27)14-7-8-15-11-31(24(35)17(15)10-14)12-16-4-1-2-5-18(16)28-19(32)13-30-9-3-6-20(30)33/h7-8,10,16,18,21H,1-6,9,11-13H2,(H,28,32)(H2,27,29,34)/t16-,18?/m0/s1. The molecule has 2 aliphatic heterocycles. The topological polar surface area (TPSA) is 125 Å². The van der Waals surface area contributed by atoms with Crippen molar-refractivity contribution in [2.75, 3.05) is 19.6 Å². The van der Waals surface area contributed by atoms with Crippen molar-refractivity contribution in [3.05, 3.63) is 34.9 Å². The van der Waals surface area contributed by atoms with Crippen molar-refractivity contribution >= 4 is 29.5 Å². The van der Waals surface area contributed by atoms with Crippen molar-refractivity contribution < 1.29 is 28.0 Å². The van der Waals surface area contributed by atoms with Crippen molar-refractivity contribution in [2.24, 2.45) is 16.6 Å². The number of amides is 4. The number of nitrogens with two attached hydrogens (primary N) is 1. The summed E-state index contributed by atoms with van der Waals surface area (Å²) in [7, 11) is 0. The highest BCUT2D eigenvalue weighted by Gasteiger charge is 2.34. The zero-order chi connectivity index (χ0) is 25.1. The number of aliphatic imine (C=N–C) groups is 1. The lowest BCUT2D eigenvalue weighted by atomic mass is 9.84. The van der Waals surface area contributed by atoms with Gasteiger partial charge in [0.1, 0.15) is 5.84 Å². The number of nitrogens with zero attached hydrogens (tertiary/aromatic N) is 3. The molecule has 0 aromatic heterocycles. The van der Waals surface area contributed by atoms with Gasteiger partial charge in [0.25, 0.3) is 5.91 Å². The first-order valence-electron chi connectivity index (χ1n) is 11.9. The Bertz CT molecular complexity index is 1060. The molecule has 35 heavy (non-hydrogen) atoms. The van der Waals surface area contributed by atoms with Crippen molar-refractivity contribution in [3.63, 3.8) is 0 Å². The van der Waals surface area contributed by atoms with Crippen LogP contribution in [0.3, 0.4) is 0 Å². The SMILES string of the molecule is NC(=NC(=O)C(F)F)c1ccc2c(c1)C(=O)N(C[C@@H]1CCCCC1NC(=O)CN1CCCC1=O)C2. The van der Waals surface area contributed by atoms with Crippen LogP contribution < -0.4 is 11.1 Å². The number of halogens is 2. The first-order chi connectivity index (χ1) is 16.7. The van der Waals surface area contributed by atoms with Gasteiger partial charge in [-0.3, -0.25) is 19.2 Å². The van der Waals surface area contributed by atoms with Gasteiger partial charge in [0.2, 0.25) is 11.8 Å². The number of alkyl halides is 2. The summed E-state index contributed by atoms with van der Waals surface area (Å²) in [4.78, 5) is 55.2. The molecule has 188 valence electrons. The van der Waals surface area contributed by atoms with Crippen LogP contribution in [0, 0.1) is 5.92 Å². The van der Waals surface area contributed by atoms with Crippen molar-refractivity contribution in [1.82, 2.24) is 15.1 Å². The Morgan fingerprint density at radius 2 is 1.91 bits per heavy atom. The van der Waals surface area contributed by atoms with Gasteiger partial charge in [-0.2, -0.15) is 13.8 Å². The summed E-state index contributed by atoms with van der Waals surface area (Å²) in [5, 5.41) is 3.08. The van der Waals surface area contributed by atoms with Crippen molar-refractivity contribution in [1.29, 1.82) is 0 Å². The van der Waals surface area contributed by atoms with Gasteiger partial charge in [-0.15, -0.1) is 0 Å². The fourth-order valence-corrected chi connectivity index (χ4v) is 5.10. The molecular formula is C24H29F2N5O4. The van der Waals surface area contributed by atoms with E-state index >= 15 is 0 Å². The minimum atomic E-state index is -3.25. The molecule has 1 aliphatic carbocycles. The summed E-state index contributed by atoms with van der Waals surface area (Å²) in [6, 6.07) is 4.63. The molecule has 1 aromatic carbocycles. The lowest BCUT2D eigenvalue weighted by molar-refractivity contribution is -0.133. The molecule has 0 bridgehead atoms. The van der Waals surface area contributed by atoms with Gasteiger partial charge in [0.15, 0.2) is 0 Å². The number of rotatable bonds is 7. The summed E-state index contributed by atoms with van der Waals surface area (Å²) < 4.78 is 24.9. The number of carbonyl (C=O) groups excluding carboxylic acids is 4. The van der Waals surface area contributed by atoms with E-state index in [0.29, 0.717) is 31.6 Å². The fourth-order valence-electron chi connectivity index (χ4n) is 5.10. The normalized spacial score (nSPS) is 22.7. The number of hydrogen-bond acceptors (Lipinski definition) is 4. The molecule has 0 radical (unpaired) electrons. The number of fused-ring (bicyclic) bond motifs is 1. The molecular weight excluding hydrogens is 460 g/mol. The van der Waals surface area contributed by atoms with Crippen LogP contribution in [0.25, 0.3) is 0 Å². The van der Waals surface area contributed by atoms with E-state index < -0.39 is 12.3 Å². The smallest absolute Gasteiger partial charge is 0.317 e. The molecule has 4 rings (SSSR count). The lowest BCUT2D eigenvalue weighted by Crippen LogP contribution is -2.49. The van der Waals surface area contributed by atoms with Crippen LogP contribution in [0.4, 0.5) is 8.78 Å². The number of likely N-dealkylation sites (tertiary alicyclic amines) is 1. The van der Waals surface area contributed by atoms with Gasteiger partial charge in [-0.05, 0) is 36.8 Å². The summed E-state index contributed by atoms with van der Waals surface area (Å²) in [5.74, 6) is -2.30. The van der Waals surface area contributed by atoms with Gasteiger partial charge >= 0.3 is 12.3 Å². The number of nitrogens with one attached hydrogen (secondary N) is 1. The molecule has 2 fully saturated rings. The minimum absolute atomic E-state index is 0.00407. The number of hydrogen-bond donors (Lipinski definition) is 2. The highest BCUT2D eigenvalue weighted by atomic mass is 19.3. The van der Waals surface area contributed by atoms with Gasteiger partial charge in [-0.1, -0.05) is 25.0 Å². The Balaban J connectivity index is 1.40. The summed E-state index contributed by atoms with van der Waals surface area (Å²) in [6.07, 6.45) is 1.68. The molecule has 1 unspecified atom stereocenters. The maximum Gasteiger partial charge on any atom is 0.317 e. The van der Waals surface area contributed by atoms with E-state index in [2.05, 4.69) is 10.3 Å². The van der Waals surface area contributed by atoms with Crippen molar-refractivity contribution in [2.45, 2.75) is 57.5 Å². The molecule has 11 heteroatoms. The molecule has 0 spiro atoms. The van der Waals surface area contributed by atoms with E-state index in [9.17, 15) is 28.0 Å². The van der Waals surface area contributed by atoms with Crippen molar-refractivity contribution in [3.8, 4) is 0 Å². The first kappa shape index (κ1) is 24.7. The average molecular weight is 490 g/mol. The van der Waals surface area contributed by atoms with E-state index in [-0.39, 0.29) is 47.6 Å².